The minimum absolute atomic E-state index is 1.31. The van der Waals surface area contributed by atoms with Gasteiger partial charge in [-0.1, -0.05) is 103 Å². The van der Waals surface area contributed by atoms with Gasteiger partial charge in [0, 0.05) is 0 Å². The zero-order valence-electron chi connectivity index (χ0n) is 18.7. The maximum absolute atomic E-state index is 2.44. The minimum atomic E-state index is 1.31. The summed E-state index contributed by atoms with van der Waals surface area (Å²) in [5.41, 5.74) is 0. The van der Waals surface area contributed by atoms with Gasteiger partial charge in [-0.3, -0.25) is 0 Å². The number of unbranched alkanes of at least 4 members (excludes halogenated alkanes) is 16. The van der Waals surface area contributed by atoms with Crippen LogP contribution in [0.4, 0.5) is 0 Å². The largest absolute Gasteiger partial charge is 0.105 e. The first-order valence-corrected chi connectivity index (χ1v) is 13.7. The molecule has 27 heavy (non-hydrogen) atoms. The summed E-state index contributed by atoms with van der Waals surface area (Å²) in [5.74, 6) is 0. The highest BCUT2D eigenvalue weighted by Gasteiger charge is 2.04. The molecule has 1 aliphatic rings. The van der Waals surface area contributed by atoms with E-state index in [-0.39, 0.29) is 0 Å². The molecule has 1 heterocycles. The van der Waals surface area contributed by atoms with E-state index in [9.17, 15) is 0 Å². The molecule has 0 aliphatic carbocycles. The van der Waals surface area contributed by atoms with E-state index in [1.54, 1.807) is 8.20 Å². The Balaban J connectivity index is 1.67. The average molecular weight is 393 g/mol. The molecule has 0 nitrogen and oxygen atoms in total. The number of hydrogen-bond acceptors (Lipinski definition) is 0. The van der Waals surface area contributed by atoms with Crippen LogP contribution in [0.25, 0.3) is 0 Å². The molecule has 158 valence electrons. The number of rotatable bonds is 20. The lowest BCUT2D eigenvalue weighted by molar-refractivity contribution is 0.554. The summed E-state index contributed by atoms with van der Waals surface area (Å²) in [7, 11) is 1.68. The van der Waals surface area contributed by atoms with E-state index in [0.717, 1.165) is 0 Å². The summed E-state index contributed by atoms with van der Waals surface area (Å²) >= 11 is 0. The van der Waals surface area contributed by atoms with Gasteiger partial charge in [-0.25, -0.2) is 0 Å². The summed E-state index contributed by atoms with van der Waals surface area (Å²) in [6, 6.07) is 0. The highest BCUT2D eigenvalue weighted by atomic mass is 31.1. The fraction of sp³-hybridized carbons (Fsp3) is 0.885. The molecule has 0 atom stereocenters. The van der Waals surface area contributed by atoms with Crippen LogP contribution in [0.2, 0.25) is 0 Å². The molecule has 1 rings (SSSR count). The topological polar surface area (TPSA) is 0 Å². The van der Waals surface area contributed by atoms with Crippen LogP contribution in [0.5, 0.6) is 0 Å². The van der Waals surface area contributed by atoms with Gasteiger partial charge in [-0.15, -0.1) is 8.20 Å². The predicted octanol–water partition coefficient (Wildman–Crippen LogP) is 9.89. The van der Waals surface area contributed by atoms with Crippen LogP contribution >= 0.6 is 8.20 Å². The van der Waals surface area contributed by atoms with E-state index in [0.29, 0.717) is 0 Å². The van der Waals surface area contributed by atoms with E-state index >= 15 is 0 Å². The fourth-order valence-corrected chi connectivity index (χ4v) is 5.35. The molecule has 0 aromatic rings. The van der Waals surface area contributed by atoms with Crippen LogP contribution in [0.15, 0.2) is 12.2 Å². The maximum Gasteiger partial charge on any atom is -0.0104 e. The fourth-order valence-electron chi connectivity index (χ4n) is 4.09. The van der Waals surface area contributed by atoms with Crippen LogP contribution in [0, 0.1) is 0 Å². The Bertz CT molecular complexity index is 355. The lowest BCUT2D eigenvalue weighted by Crippen LogP contribution is -1.90. The zero-order valence-corrected chi connectivity index (χ0v) is 19.6. The van der Waals surface area contributed by atoms with E-state index in [1.165, 1.54) is 141 Å². The third kappa shape index (κ3) is 17.7. The lowest BCUT2D eigenvalue weighted by atomic mass is 10.0. The van der Waals surface area contributed by atoms with Crippen molar-refractivity contribution < 1.29 is 0 Å². The van der Waals surface area contributed by atoms with Gasteiger partial charge >= 0.3 is 0 Å². The summed E-state index contributed by atoms with van der Waals surface area (Å²) in [5, 5.41) is 1.85. The van der Waals surface area contributed by atoms with Crippen molar-refractivity contribution in [2.24, 2.45) is 0 Å². The molecule has 0 amide bonds. The van der Waals surface area contributed by atoms with Crippen LogP contribution in [-0.2, 0) is 0 Å². The molecule has 0 aromatic carbocycles. The Morgan fingerprint density at radius 2 is 1.11 bits per heavy atom. The molecule has 0 fully saturated rings. The Kier molecular flexibility index (Phi) is 19.1. The van der Waals surface area contributed by atoms with Crippen molar-refractivity contribution in [3.8, 4) is 0 Å². The molecule has 0 unspecified atom stereocenters. The molecule has 0 radical (unpaired) electrons. The Morgan fingerprint density at radius 1 is 0.630 bits per heavy atom. The predicted molar refractivity (Wildman–Crippen MR) is 129 cm³/mol. The van der Waals surface area contributed by atoms with Gasteiger partial charge in [0.25, 0.3) is 0 Å². The molecular weight excluding hydrogens is 343 g/mol. The van der Waals surface area contributed by atoms with Crippen LogP contribution < -0.4 is 0 Å². The molecule has 1 heteroatoms. The second-order valence-electron chi connectivity index (χ2n) is 8.65. The summed E-state index contributed by atoms with van der Waals surface area (Å²) in [6.07, 6.45) is 36.4. The average Bonchev–Trinajstić information content (AvgIpc) is 3.20. The van der Waals surface area contributed by atoms with Crippen molar-refractivity contribution in [3.63, 3.8) is 0 Å². The summed E-state index contributed by atoms with van der Waals surface area (Å²) in [4.78, 5) is 0. The summed E-state index contributed by atoms with van der Waals surface area (Å²) < 4.78 is 0. The molecule has 0 spiro atoms. The van der Waals surface area contributed by atoms with Crippen LogP contribution in [0.1, 0.15) is 142 Å². The molecule has 0 saturated carbocycles. The maximum atomic E-state index is 2.44. The van der Waals surface area contributed by atoms with Gasteiger partial charge in [0.05, 0.1) is 0 Å². The van der Waals surface area contributed by atoms with E-state index in [1.807, 2.05) is 5.29 Å². The van der Waals surface area contributed by atoms with E-state index < -0.39 is 0 Å². The zero-order chi connectivity index (χ0) is 19.3. The Labute approximate surface area is 173 Å². The first kappa shape index (κ1) is 24.9. The van der Waals surface area contributed by atoms with Gasteiger partial charge in [0.15, 0.2) is 0 Å². The standard InChI is InChI=1S/C26H49P/c1-2-3-4-5-6-7-8-9-10-11-12-13-14-15-16-17-18-19-20-21-23-26-24-22-25-27-26/h9-10H,2-8,11-25H2,1H3/b10-9-. The highest BCUT2D eigenvalue weighted by molar-refractivity contribution is 7.41. The lowest BCUT2D eigenvalue weighted by Gasteiger charge is -2.03. The molecule has 0 N–H and O–H groups in total. The number of hydrogen-bond donors (Lipinski definition) is 0. The molecule has 0 aromatic heterocycles. The molecular formula is C26H49P. The normalized spacial score (nSPS) is 14.9. The molecule has 1 aliphatic heterocycles. The van der Waals surface area contributed by atoms with Gasteiger partial charge in [-0.2, -0.15) is 0 Å². The smallest absolute Gasteiger partial charge is 0.0104 e. The Hall–Kier alpha value is -0.0900. The van der Waals surface area contributed by atoms with Gasteiger partial charge in [-0.05, 0) is 62.8 Å². The van der Waals surface area contributed by atoms with Crippen molar-refractivity contribution >= 4 is 13.5 Å². The van der Waals surface area contributed by atoms with Gasteiger partial charge in [0.1, 0.15) is 0 Å². The van der Waals surface area contributed by atoms with Gasteiger partial charge < -0.3 is 0 Å². The minimum Gasteiger partial charge on any atom is -0.105 e. The number of allylic oxidation sites excluding steroid dienone is 2. The Morgan fingerprint density at radius 3 is 1.59 bits per heavy atom. The highest BCUT2D eigenvalue weighted by Crippen LogP contribution is 2.21. The van der Waals surface area contributed by atoms with Crippen molar-refractivity contribution in [1.82, 2.24) is 0 Å². The molecule has 0 bridgehead atoms. The van der Waals surface area contributed by atoms with E-state index in [2.05, 4.69) is 19.1 Å². The monoisotopic (exact) mass is 392 g/mol. The second kappa shape index (κ2) is 20.6. The third-order valence-corrected chi connectivity index (χ3v) is 7.37. The van der Waals surface area contributed by atoms with Crippen molar-refractivity contribution in [2.45, 2.75) is 142 Å². The first-order valence-electron chi connectivity index (χ1n) is 12.6. The van der Waals surface area contributed by atoms with Gasteiger partial charge in [0.2, 0.25) is 0 Å². The van der Waals surface area contributed by atoms with Crippen LogP contribution in [0.3, 0.4) is 0 Å². The van der Waals surface area contributed by atoms with Crippen molar-refractivity contribution in [1.29, 1.82) is 0 Å². The van der Waals surface area contributed by atoms with E-state index in [4.69, 9.17) is 0 Å². The second-order valence-corrected chi connectivity index (χ2v) is 10.0. The SMILES string of the molecule is CCCCCCCC/C=C\CCCCCCCCCCCCC1=PCCC1. The van der Waals surface area contributed by atoms with Crippen molar-refractivity contribution in [3.05, 3.63) is 12.2 Å². The third-order valence-electron chi connectivity index (χ3n) is 5.94. The quantitative estimate of drug-likeness (QED) is 0.110. The summed E-state index contributed by atoms with van der Waals surface area (Å²) in [6.45, 7) is 2.29. The molecule has 0 saturated heterocycles. The van der Waals surface area contributed by atoms with Crippen molar-refractivity contribution in [2.75, 3.05) is 6.16 Å². The van der Waals surface area contributed by atoms with Crippen LogP contribution in [-0.4, -0.2) is 11.5 Å². The first-order chi connectivity index (χ1) is 13.4.